The Hall–Kier alpha value is -1.76. The van der Waals surface area contributed by atoms with Crippen LogP contribution in [0.15, 0.2) is 35.4 Å². The highest BCUT2D eigenvalue weighted by molar-refractivity contribution is 7.98. The average Bonchev–Trinajstić information content (AvgIpc) is 2.83. The molecule has 0 radical (unpaired) electrons. The van der Waals surface area contributed by atoms with Crippen LogP contribution in [0.25, 0.3) is 5.69 Å². The van der Waals surface area contributed by atoms with E-state index in [2.05, 4.69) is 5.10 Å². The van der Waals surface area contributed by atoms with Crippen molar-refractivity contribution in [2.24, 2.45) is 0 Å². The molecular weight excluding hydrogens is 289 g/mol. The van der Waals surface area contributed by atoms with Gasteiger partial charge in [-0.25, -0.2) is 4.68 Å². The van der Waals surface area contributed by atoms with Crippen molar-refractivity contribution >= 4 is 17.5 Å². The van der Waals surface area contributed by atoms with Crippen molar-refractivity contribution in [3.05, 3.63) is 41.7 Å². The lowest BCUT2D eigenvalue weighted by atomic mass is 10.1. The number of aromatic nitrogens is 2. The van der Waals surface area contributed by atoms with Gasteiger partial charge in [0.1, 0.15) is 0 Å². The molecule has 1 aromatic heterocycles. The van der Waals surface area contributed by atoms with Crippen molar-refractivity contribution in [1.29, 1.82) is 0 Å². The number of rotatable bonds is 3. The Morgan fingerprint density at radius 1 is 1.30 bits per heavy atom. The number of benzene rings is 1. The van der Waals surface area contributed by atoms with Gasteiger partial charge in [0.2, 0.25) is 0 Å². The Balaban J connectivity index is 2.72. The van der Waals surface area contributed by atoms with Gasteiger partial charge in [-0.3, -0.25) is 4.79 Å². The molecule has 0 fully saturated rings. The molecular formula is C13H11F3N2OS. The van der Waals surface area contributed by atoms with Crippen molar-refractivity contribution < 1.29 is 18.0 Å². The summed E-state index contributed by atoms with van der Waals surface area (Å²) in [5.74, 6) is -0.662. The molecule has 106 valence electrons. The van der Waals surface area contributed by atoms with Gasteiger partial charge in [0.05, 0.1) is 17.4 Å². The Bertz CT molecular complexity index is 649. The average molecular weight is 300 g/mol. The van der Waals surface area contributed by atoms with Gasteiger partial charge >= 0.3 is 6.18 Å². The molecule has 2 aromatic rings. The van der Waals surface area contributed by atoms with E-state index < -0.39 is 23.2 Å². The van der Waals surface area contributed by atoms with E-state index in [1.807, 2.05) is 0 Å². The molecule has 0 saturated carbocycles. The van der Waals surface area contributed by atoms with Crippen LogP contribution in [-0.4, -0.2) is 21.8 Å². The first-order valence-corrected chi connectivity index (χ1v) is 6.88. The highest BCUT2D eigenvalue weighted by Gasteiger charge is 2.40. The SMILES string of the molecule is CSc1ccccc1-n1ncc(C(C)=O)c1C(F)(F)F. The number of ketones is 1. The third kappa shape index (κ3) is 2.58. The number of carbonyl (C=O) groups is 1. The highest BCUT2D eigenvalue weighted by atomic mass is 32.2. The van der Waals surface area contributed by atoms with Gasteiger partial charge < -0.3 is 0 Å². The number of halogens is 3. The van der Waals surface area contributed by atoms with Crippen LogP contribution in [0.4, 0.5) is 13.2 Å². The van der Waals surface area contributed by atoms with Crippen molar-refractivity contribution in [3.8, 4) is 5.69 Å². The normalized spacial score (nSPS) is 11.7. The predicted molar refractivity (Wildman–Crippen MR) is 70.4 cm³/mol. The zero-order valence-electron chi connectivity index (χ0n) is 10.7. The van der Waals surface area contributed by atoms with Crippen LogP contribution in [0.1, 0.15) is 23.0 Å². The molecule has 7 heteroatoms. The fourth-order valence-corrected chi connectivity index (χ4v) is 2.44. The van der Waals surface area contributed by atoms with Crippen LogP contribution in [0.3, 0.4) is 0 Å². The van der Waals surface area contributed by atoms with Gasteiger partial charge in [-0.1, -0.05) is 12.1 Å². The van der Waals surface area contributed by atoms with E-state index in [4.69, 9.17) is 0 Å². The fraction of sp³-hybridized carbons (Fsp3) is 0.231. The Morgan fingerprint density at radius 2 is 1.95 bits per heavy atom. The van der Waals surface area contributed by atoms with Gasteiger partial charge in [0.25, 0.3) is 0 Å². The van der Waals surface area contributed by atoms with Gasteiger partial charge in [-0.05, 0) is 25.3 Å². The minimum absolute atomic E-state index is 0.305. The Morgan fingerprint density at radius 3 is 2.50 bits per heavy atom. The third-order valence-corrected chi connectivity index (χ3v) is 3.52. The molecule has 0 atom stereocenters. The molecule has 0 unspecified atom stereocenters. The van der Waals surface area contributed by atoms with E-state index >= 15 is 0 Å². The Kier molecular flexibility index (Phi) is 3.89. The zero-order valence-corrected chi connectivity index (χ0v) is 11.5. The molecule has 0 amide bonds. The number of hydrogen-bond donors (Lipinski definition) is 0. The maximum atomic E-state index is 13.2. The van der Waals surface area contributed by atoms with E-state index in [0.717, 1.165) is 17.8 Å². The number of carbonyl (C=O) groups excluding carboxylic acids is 1. The van der Waals surface area contributed by atoms with Crippen LogP contribution in [0.5, 0.6) is 0 Å². The van der Waals surface area contributed by atoms with Gasteiger partial charge in [0.15, 0.2) is 11.5 Å². The topological polar surface area (TPSA) is 34.9 Å². The van der Waals surface area contributed by atoms with E-state index in [-0.39, 0.29) is 0 Å². The molecule has 0 aliphatic carbocycles. The van der Waals surface area contributed by atoms with Crippen LogP contribution >= 0.6 is 11.8 Å². The van der Waals surface area contributed by atoms with Gasteiger partial charge in [-0.2, -0.15) is 18.3 Å². The summed E-state index contributed by atoms with van der Waals surface area (Å²) in [4.78, 5) is 12.0. The summed E-state index contributed by atoms with van der Waals surface area (Å²) >= 11 is 1.31. The van der Waals surface area contributed by atoms with Crippen molar-refractivity contribution in [2.75, 3.05) is 6.26 Å². The van der Waals surface area contributed by atoms with Crippen LogP contribution in [0, 0.1) is 0 Å². The molecule has 2 rings (SSSR count). The Labute approximate surface area is 117 Å². The summed E-state index contributed by atoms with van der Waals surface area (Å²) < 4.78 is 40.4. The number of Topliss-reactive ketones (excluding diaryl/α,β-unsaturated/α-hetero) is 1. The first-order valence-electron chi connectivity index (χ1n) is 5.65. The standard InChI is InChI=1S/C13H11F3N2OS/c1-8(19)9-7-17-18(12(9)13(14,15)16)10-5-3-4-6-11(10)20-2/h3-7H,1-2H3. The van der Waals surface area contributed by atoms with Crippen molar-refractivity contribution in [3.63, 3.8) is 0 Å². The lowest BCUT2D eigenvalue weighted by molar-refractivity contribution is -0.143. The molecule has 0 N–H and O–H groups in total. The number of alkyl halides is 3. The van der Waals surface area contributed by atoms with Crippen LogP contribution in [0.2, 0.25) is 0 Å². The number of para-hydroxylation sites is 1. The second-order valence-corrected chi connectivity index (χ2v) is 4.89. The molecule has 3 nitrogen and oxygen atoms in total. The summed E-state index contributed by atoms with van der Waals surface area (Å²) in [5, 5.41) is 3.75. The number of thioether (sulfide) groups is 1. The highest BCUT2D eigenvalue weighted by Crippen LogP contribution is 2.35. The summed E-state index contributed by atoms with van der Waals surface area (Å²) in [6.07, 6.45) is -1.92. The third-order valence-electron chi connectivity index (χ3n) is 2.73. The molecule has 1 heterocycles. The zero-order chi connectivity index (χ0) is 14.9. The number of hydrogen-bond acceptors (Lipinski definition) is 3. The minimum atomic E-state index is -4.65. The summed E-state index contributed by atoms with van der Waals surface area (Å²) in [6.45, 7) is 1.09. The van der Waals surface area contributed by atoms with Gasteiger partial charge in [-0.15, -0.1) is 11.8 Å². The lowest BCUT2D eigenvalue weighted by Crippen LogP contribution is -2.17. The fourth-order valence-electron chi connectivity index (χ4n) is 1.87. The summed E-state index contributed by atoms with van der Waals surface area (Å²) in [5.41, 5.74) is -1.15. The van der Waals surface area contributed by atoms with Crippen LogP contribution in [-0.2, 0) is 6.18 Å². The second-order valence-electron chi connectivity index (χ2n) is 4.04. The maximum Gasteiger partial charge on any atom is 0.434 e. The van der Waals surface area contributed by atoms with Crippen LogP contribution < -0.4 is 0 Å². The van der Waals surface area contributed by atoms with E-state index in [1.54, 1.807) is 24.5 Å². The van der Waals surface area contributed by atoms with Crippen molar-refractivity contribution in [1.82, 2.24) is 9.78 Å². The largest absolute Gasteiger partial charge is 0.434 e. The number of nitrogens with zero attached hydrogens (tertiary/aromatic N) is 2. The minimum Gasteiger partial charge on any atom is -0.294 e. The van der Waals surface area contributed by atoms with E-state index in [9.17, 15) is 18.0 Å². The van der Waals surface area contributed by atoms with Gasteiger partial charge in [0, 0.05) is 4.90 Å². The predicted octanol–water partition coefficient (Wildman–Crippen LogP) is 3.82. The lowest BCUT2D eigenvalue weighted by Gasteiger charge is -2.14. The van der Waals surface area contributed by atoms with E-state index in [0.29, 0.717) is 10.6 Å². The maximum absolute atomic E-state index is 13.2. The molecule has 0 spiro atoms. The van der Waals surface area contributed by atoms with E-state index in [1.165, 1.54) is 17.8 Å². The molecule has 1 aromatic carbocycles. The summed E-state index contributed by atoms with van der Waals surface area (Å²) in [7, 11) is 0. The molecule has 0 saturated heterocycles. The quantitative estimate of drug-likeness (QED) is 0.638. The molecule has 0 aliphatic heterocycles. The second kappa shape index (κ2) is 5.32. The van der Waals surface area contributed by atoms with Crippen molar-refractivity contribution in [2.45, 2.75) is 18.0 Å². The molecule has 0 aliphatic rings. The summed E-state index contributed by atoms with van der Waals surface area (Å²) in [6, 6.07) is 6.61. The molecule has 20 heavy (non-hydrogen) atoms. The molecule has 0 bridgehead atoms. The first kappa shape index (κ1) is 14.6. The monoisotopic (exact) mass is 300 g/mol. The first-order chi connectivity index (χ1) is 9.36. The smallest absolute Gasteiger partial charge is 0.294 e.